The summed E-state index contributed by atoms with van der Waals surface area (Å²) in [5, 5.41) is 22.3. The van der Waals surface area contributed by atoms with Crippen LogP contribution in [0.3, 0.4) is 0 Å². The van der Waals surface area contributed by atoms with E-state index >= 15 is 0 Å². The van der Waals surface area contributed by atoms with E-state index in [0.29, 0.717) is 30.4 Å². The normalized spacial score (nSPS) is 14.9. The van der Waals surface area contributed by atoms with Gasteiger partial charge in [0, 0.05) is 49.9 Å². The van der Waals surface area contributed by atoms with Crippen LogP contribution < -0.4 is 10.6 Å². The number of nitrogens with zero attached hydrogens (tertiary/aromatic N) is 4. The Kier molecular flexibility index (Phi) is 5.62. The fourth-order valence-corrected chi connectivity index (χ4v) is 3.16. The molecule has 1 amide bonds. The van der Waals surface area contributed by atoms with E-state index in [1.807, 2.05) is 13.0 Å². The number of carboxylic acid groups (broad SMARTS) is 1. The van der Waals surface area contributed by atoms with E-state index in [2.05, 4.69) is 20.6 Å². The average molecular weight is 397 g/mol. The van der Waals surface area contributed by atoms with Crippen molar-refractivity contribution in [3.05, 3.63) is 41.6 Å². The number of aromatic nitrogens is 3. The van der Waals surface area contributed by atoms with Gasteiger partial charge in [0.15, 0.2) is 0 Å². The van der Waals surface area contributed by atoms with Crippen LogP contribution in [-0.4, -0.2) is 62.4 Å². The highest BCUT2D eigenvalue weighted by molar-refractivity contribution is 5.86. The molecule has 0 fully saturated rings. The number of aliphatic carboxylic acids is 1. The number of amides is 1. The number of carboxylic acids is 1. The standard InChI is InChI=1S/C19H23N7O3/c1-11-9-22-18(23-15(21-3)4-6-20)24-16(11)13-8-14-5-7-25(12(2)17(27)28)19(29)26(14)10-13/h4,6,8-10,12,20-21H,5,7H2,1-3H3,(H,27,28)(H,22,23,24)/b15-4+,20-6?/t12-/m1/s1. The quantitative estimate of drug-likeness (QED) is 0.522. The van der Waals surface area contributed by atoms with Crippen LogP contribution in [-0.2, 0) is 11.2 Å². The number of carbonyl (C=O) groups excluding carboxylic acids is 1. The summed E-state index contributed by atoms with van der Waals surface area (Å²) in [6.45, 7) is 3.73. The predicted octanol–water partition coefficient (Wildman–Crippen LogP) is 1.68. The first kappa shape index (κ1) is 20.1. The molecule has 1 aliphatic heterocycles. The SMILES string of the molecule is CN/C(=C\C=N)Nc1ncc(C)c(-c2cc3n(c2)C(=O)N([C@H](C)C(=O)O)CC3)n1. The highest BCUT2D eigenvalue weighted by atomic mass is 16.4. The summed E-state index contributed by atoms with van der Waals surface area (Å²) in [5.74, 6) is -0.112. The first-order valence-corrected chi connectivity index (χ1v) is 9.10. The fourth-order valence-electron chi connectivity index (χ4n) is 3.16. The van der Waals surface area contributed by atoms with Gasteiger partial charge in [-0.25, -0.2) is 19.6 Å². The molecular formula is C19H23N7O3. The zero-order valence-electron chi connectivity index (χ0n) is 16.4. The van der Waals surface area contributed by atoms with Crippen LogP contribution in [0.2, 0.25) is 0 Å². The molecule has 152 valence electrons. The molecule has 10 nitrogen and oxygen atoms in total. The second-order valence-electron chi connectivity index (χ2n) is 6.68. The van der Waals surface area contributed by atoms with Crippen LogP contribution >= 0.6 is 0 Å². The van der Waals surface area contributed by atoms with Crippen molar-refractivity contribution in [3.8, 4) is 11.3 Å². The van der Waals surface area contributed by atoms with Crippen LogP contribution in [0.15, 0.2) is 30.4 Å². The van der Waals surface area contributed by atoms with Crippen molar-refractivity contribution in [2.24, 2.45) is 0 Å². The predicted molar refractivity (Wildman–Crippen MR) is 108 cm³/mol. The van der Waals surface area contributed by atoms with E-state index in [1.165, 1.54) is 22.5 Å². The molecule has 4 N–H and O–H groups in total. The van der Waals surface area contributed by atoms with Gasteiger partial charge in [-0.3, -0.25) is 4.57 Å². The zero-order valence-corrected chi connectivity index (χ0v) is 16.4. The fraction of sp³-hybridized carbons (Fsp3) is 0.316. The van der Waals surface area contributed by atoms with E-state index in [9.17, 15) is 14.7 Å². The summed E-state index contributed by atoms with van der Waals surface area (Å²) in [6, 6.07) is 0.647. The lowest BCUT2D eigenvalue weighted by atomic mass is 10.1. The van der Waals surface area contributed by atoms with Crippen molar-refractivity contribution in [3.63, 3.8) is 0 Å². The number of aryl methyl sites for hydroxylation is 1. The number of allylic oxidation sites excluding steroid dienone is 1. The number of rotatable bonds is 7. The molecule has 2 aromatic heterocycles. The maximum absolute atomic E-state index is 12.8. The molecule has 1 atom stereocenters. The molecule has 3 rings (SSSR count). The summed E-state index contributed by atoms with van der Waals surface area (Å²) in [7, 11) is 1.72. The molecule has 0 aromatic carbocycles. The molecule has 0 radical (unpaired) electrons. The van der Waals surface area contributed by atoms with E-state index < -0.39 is 12.0 Å². The Morgan fingerprint density at radius 1 is 1.45 bits per heavy atom. The summed E-state index contributed by atoms with van der Waals surface area (Å²) in [6.07, 6.45) is 6.61. The van der Waals surface area contributed by atoms with E-state index in [-0.39, 0.29) is 6.03 Å². The first-order valence-electron chi connectivity index (χ1n) is 9.10. The second kappa shape index (κ2) is 8.13. The van der Waals surface area contributed by atoms with Gasteiger partial charge >= 0.3 is 12.0 Å². The van der Waals surface area contributed by atoms with Crippen LogP contribution in [0.5, 0.6) is 0 Å². The third kappa shape index (κ3) is 3.96. The number of hydrogen-bond acceptors (Lipinski definition) is 7. The first-order chi connectivity index (χ1) is 13.8. The van der Waals surface area contributed by atoms with Gasteiger partial charge in [-0.15, -0.1) is 0 Å². The van der Waals surface area contributed by atoms with Gasteiger partial charge in [-0.05, 0) is 31.6 Å². The van der Waals surface area contributed by atoms with Crippen molar-refractivity contribution >= 4 is 24.2 Å². The average Bonchev–Trinajstić information content (AvgIpc) is 3.13. The lowest BCUT2D eigenvalue weighted by molar-refractivity contribution is -0.141. The maximum atomic E-state index is 12.8. The summed E-state index contributed by atoms with van der Waals surface area (Å²) in [4.78, 5) is 34.2. The molecule has 0 saturated carbocycles. The maximum Gasteiger partial charge on any atom is 0.329 e. The van der Waals surface area contributed by atoms with Crippen LogP contribution in [0, 0.1) is 12.3 Å². The summed E-state index contributed by atoms with van der Waals surface area (Å²) >= 11 is 0. The monoisotopic (exact) mass is 397 g/mol. The molecule has 3 heterocycles. The van der Waals surface area contributed by atoms with Crippen molar-refractivity contribution < 1.29 is 14.7 Å². The van der Waals surface area contributed by atoms with Gasteiger partial charge in [0.1, 0.15) is 11.9 Å². The Hall–Kier alpha value is -3.69. The lowest BCUT2D eigenvalue weighted by Gasteiger charge is -2.31. The minimum atomic E-state index is -1.03. The van der Waals surface area contributed by atoms with Crippen LogP contribution in [0.4, 0.5) is 10.7 Å². The molecule has 0 unspecified atom stereocenters. The number of nitrogens with one attached hydrogen (secondary N) is 3. The number of fused-ring (bicyclic) bond motifs is 1. The summed E-state index contributed by atoms with van der Waals surface area (Å²) in [5.41, 5.74) is 3.07. The van der Waals surface area contributed by atoms with E-state index in [4.69, 9.17) is 5.41 Å². The second-order valence-corrected chi connectivity index (χ2v) is 6.68. The summed E-state index contributed by atoms with van der Waals surface area (Å²) < 4.78 is 1.49. The van der Waals surface area contributed by atoms with Crippen molar-refractivity contribution in [1.82, 2.24) is 24.8 Å². The molecule has 0 spiro atoms. The third-order valence-corrected chi connectivity index (χ3v) is 4.80. The molecule has 2 aromatic rings. The van der Waals surface area contributed by atoms with Crippen LogP contribution in [0.25, 0.3) is 11.3 Å². The van der Waals surface area contributed by atoms with Gasteiger partial charge < -0.3 is 26.0 Å². The van der Waals surface area contributed by atoms with Crippen molar-refractivity contribution in [1.29, 1.82) is 5.41 Å². The Labute approximate surface area is 167 Å². The molecule has 1 aliphatic rings. The van der Waals surface area contributed by atoms with Crippen molar-refractivity contribution in [2.75, 3.05) is 18.9 Å². The number of carbonyl (C=O) groups is 2. The van der Waals surface area contributed by atoms with Gasteiger partial charge in [-0.1, -0.05) is 0 Å². The van der Waals surface area contributed by atoms with Gasteiger partial charge in [0.2, 0.25) is 5.95 Å². The number of hydrogen-bond donors (Lipinski definition) is 4. The molecule has 0 aliphatic carbocycles. The minimum absolute atomic E-state index is 0.352. The minimum Gasteiger partial charge on any atom is -0.480 e. The Bertz CT molecular complexity index is 996. The molecule has 0 saturated heterocycles. The lowest BCUT2D eigenvalue weighted by Crippen LogP contribution is -2.49. The highest BCUT2D eigenvalue weighted by Gasteiger charge is 2.31. The zero-order chi connectivity index (χ0) is 21.1. The smallest absolute Gasteiger partial charge is 0.329 e. The Morgan fingerprint density at radius 3 is 2.86 bits per heavy atom. The largest absolute Gasteiger partial charge is 0.480 e. The highest BCUT2D eigenvalue weighted by Crippen LogP contribution is 2.27. The molecular weight excluding hydrogens is 374 g/mol. The Balaban J connectivity index is 1.93. The third-order valence-electron chi connectivity index (χ3n) is 4.80. The van der Waals surface area contributed by atoms with Crippen LogP contribution in [0.1, 0.15) is 18.2 Å². The molecule has 0 bridgehead atoms. The van der Waals surface area contributed by atoms with E-state index in [1.54, 1.807) is 19.4 Å². The van der Waals surface area contributed by atoms with Gasteiger partial charge in [0.05, 0.1) is 5.69 Å². The van der Waals surface area contributed by atoms with Gasteiger partial charge in [0.25, 0.3) is 0 Å². The van der Waals surface area contributed by atoms with E-state index in [0.717, 1.165) is 23.0 Å². The molecule has 29 heavy (non-hydrogen) atoms. The Morgan fingerprint density at radius 2 is 2.21 bits per heavy atom. The van der Waals surface area contributed by atoms with Crippen molar-refractivity contribution in [2.45, 2.75) is 26.3 Å². The topological polar surface area (TPSA) is 136 Å². The van der Waals surface area contributed by atoms with Gasteiger partial charge in [-0.2, -0.15) is 0 Å². The molecule has 10 heteroatoms. The number of anilines is 1.